The molecule has 19 heavy (non-hydrogen) atoms. The van der Waals surface area contributed by atoms with E-state index in [1.807, 2.05) is 0 Å². The molecular formula is C15H28O3S. The normalized spacial score (nSPS) is 12.9. The zero-order chi connectivity index (χ0) is 14.3. The molecular weight excluding hydrogens is 260 g/mol. The minimum absolute atomic E-state index is 0.584. The molecule has 0 aromatic heterocycles. The van der Waals surface area contributed by atoms with Gasteiger partial charge in [-0.15, -0.1) is 0 Å². The first-order valence-electron chi connectivity index (χ1n) is 7.45. The fourth-order valence-corrected chi connectivity index (χ4v) is 2.83. The number of hydrogen-bond donors (Lipinski definition) is 1. The van der Waals surface area contributed by atoms with Gasteiger partial charge in [-0.05, 0) is 6.42 Å². The van der Waals surface area contributed by atoms with Crippen LogP contribution in [0.15, 0.2) is 11.5 Å². The van der Waals surface area contributed by atoms with Crippen LogP contribution >= 0.6 is 0 Å². The van der Waals surface area contributed by atoms with Gasteiger partial charge in [0, 0.05) is 28.0 Å². The number of carboxylic acid groups (broad SMARTS) is 1. The molecule has 0 heterocycles. The van der Waals surface area contributed by atoms with Crippen molar-refractivity contribution >= 4 is 16.8 Å². The van der Waals surface area contributed by atoms with Gasteiger partial charge in [-0.1, -0.05) is 64.7 Å². The molecule has 0 aromatic carbocycles. The van der Waals surface area contributed by atoms with Crippen molar-refractivity contribution in [2.24, 2.45) is 0 Å². The maximum atomic E-state index is 11.3. The maximum Gasteiger partial charge on any atom is 0.328 e. The van der Waals surface area contributed by atoms with Gasteiger partial charge in [0.15, 0.2) is 0 Å². The molecule has 0 spiro atoms. The van der Waals surface area contributed by atoms with E-state index in [0.29, 0.717) is 5.75 Å². The Balaban J connectivity index is 3.22. The highest BCUT2D eigenvalue weighted by molar-refractivity contribution is 7.87. The van der Waals surface area contributed by atoms with Crippen molar-refractivity contribution < 1.29 is 14.1 Å². The van der Waals surface area contributed by atoms with Gasteiger partial charge in [-0.25, -0.2) is 4.79 Å². The first-order chi connectivity index (χ1) is 9.16. The molecule has 4 heteroatoms. The van der Waals surface area contributed by atoms with Gasteiger partial charge in [0.25, 0.3) is 0 Å². The van der Waals surface area contributed by atoms with Gasteiger partial charge in [0.1, 0.15) is 0 Å². The summed E-state index contributed by atoms with van der Waals surface area (Å²) >= 11 is 0. The second-order valence-corrected chi connectivity index (χ2v) is 6.35. The zero-order valence-corrected chi connectivity index (χ0v) is 12.9. The molecule has 0 aromatic rings. The smallest absolute Gasteiger partial charge is 0.328 e. The molecule has 0 radical (unpaired) electrons. The second-order valence-electron chi connectivity index (χ2n) is 4.91. The lowest BCUT2D eigenvalue weighted by Crippen LogP contribution is -1.95. The number of carboxylic acids is 1. The third kappa shape index (κ3) is 15.3. The number of unbranched alkanes of at least 4 members (excludes halogenated alkanes) is 9. The van der Waals surface area contributed by atoms with E-state index in [1.54, 1.807) is 0 Å². The summed E-state index contributed by atoms with van der Waals surface area (Å²) < 4.78 is 11.3. The Bertz CT molecular complexity index is 275. The zero-order valence-electron chi connectivity index (χ0n) is 12.1. The van der Waals surface area contributed by atoms with E-state index in [9.17, 15) is 9.00 Å². The van der Waals surface area contributed by atoms with Crippen LogP contribution in [0.5, 0.6) is 0 Å². The quantitative estimate of drug-likeness (QED) is 0.407. The predicted molar refractivity (Wildman–Crippen MR) is 81.6 cm³/mol. The minimum Gasteiger partial charge on any atom is -0.478 e. The Morgan fingerprint density at radius 3 is 1.89 bits per heavy atom. The predicted octanol–water partition coefficient (Wildman–Crippen LogP) is 4.25. The average molecular weight is 288 g/mol. The molecule has 1 N–H and O–H groups in total. The number of hydrogen-bond acceptors (Lipinski definition) is 2. The van der Waals surface area contributed by atoms with E-state index in [0.717, 1.165) is 18.9 Å². The number of rotatable bonds is 13. The lowest BCUT2D eigenvalue weighted by atomic mass is 10.1. The summed E-state index contributed by atoms with van der Waals surface area (Å²) in [4.78, 5) is 10.2. The van der Waals surface area contributed by atoms with Gasteiger partial charge in [-0.2, -0.15) is 0 Å². The topological polar surface area (TPSA) is 54.4 Å². The van der Waals surface area contributed by atoms with Gasteiger partial charge in [0.05, 0.1) is 0 Å². The van der Waals surface area contributed by atoms with Crippen molar-refractivity contribution in [3.8, 4) is 0 Å². The molecule has 112 valence electrons. The molecule has 1 unspecified atom stereocenters. The Labute approximate surface area is 119 Å². The van der Waals surface area contributed by atoms with Gasteiger partial charge >= 0.3 is 5.97 Å². The monoisotopic (exact) mass is 288 g/mol. The summed E-state index contributed by atoms with van der Waals surface area (Å²) in [5, 5.41) is 9.66. The average Bonchev–Trinajstić information content (AvgIpc) is 2.38. The minimum atomic E-state index is -1.11. The van der Waals surface area contributed by atoms with Crippen molar-refractivity contribution in [1.29, 1.82) is 0 Å². The molecule has 0 rings (SSSR count). The Hall–Kier alpha value is -0.640. The number of aliphatic carboxylic acids is 1. The van der Waals surface area contributed by atoms with E-state index in [-0.39, 0.29) is 0 Å². The summed E-state index contributed by atoms with van der Waals surface area (Å²) in [7, 11) is -1.11. The van der Waals surface area contributed by atoms with Crippen LogP contribution in [0.3, 0.4) is 0 Å². The first kappa shape index (κ1) is 18.4. The molecule has 0 bridgehead atoms. The Kier molecular flexibility index (Phi) is 13.3. The van der Waals surface area contributed by atoms with Crippen molar-refractivity contribution in [3.63, 3.8) is 0 Å². The molecule has 1 atom stereocenters. The molecule has 0 aliphatic carbocycles. The summed E-state index contributed by atoms with van der Waals surface area (Å²) in [6, 6.07) is 0. The van der Waals surface area contributed by atoms with E-state index in [4.69, 9.17) is 5.11 Å². The van der Waals surface area contributed by atoms with E-state index in [2.05, 4.69) is 6.92 Å². The molecule has 0 aliphatic rings. The maximum absolute atomic E-state index is 11.3. The van der Waals surface area contributed by atoms with Crippen LogP contribution in [0.2, 0.25) is 0 Å². The van der Waals surface area contributed by atoms with Crippen LogP contribution in [0.1, 0.15) is 71.1 Å². The van der Waals surface area contributed by atoms with Crippen LogP contribution < -0.4 is 0 Å². The molecule has 0 saturated carbocycles. The van der Waals surface area contributed by atoms with Crippen molar-refractivity contribution in [1.82, 2.24) is 0 Å². The van der Waals surface area contributed by atoms with E-state index in [1.165, 1.54) is 56.8 Å². The van der Waals surface area contributed by atoms with Gasteiger partial charge < -0.3 is 5.11 Å². The molecule has 0 aliphatic heterocycles. The van der Waals surface area contributed by atoms with Crippen LogP contribution in [-0.4, -0.2) is 21.0 Å². The molecule has 0 fully saturated rings. The van der Waals surface area contributed by atoms with Crippen molar-refractivity contribution in [3.05, 3.63) is 11.5 Å². The molecule has 0 amide bonds. The van der Waals surface area contributed by atoms with Crippen molar-refractivity contribution in [2.45, 2.75) is 71.1 Å². The van der Waals surface area contributed by atoms with Gasteiger partial charge in [0.2, 0.25) is 0 Å². The fourth-order valence-electron chi connectivity index (χ4n) is 1.93. The SMILES string of the molecule is CCCCCCCCCCCCS(=O)/C=C/C(=O)O. The Morgan fingerprint density at radius 1 is 0.947 bits per heavy atom. The van der Waals surface area contributed by atoms with Crippen molar-refractivity contribution in [2.75, 3.05) is 5.75 Å². The van der Waals surface area contributed by atoms with Gasteiger partial charge in [-0.3, -0.25) is 4.21 Å². The summed E-state index contributed by atoms with van der Waals surface area (Å²) in [6.07, 6.45) is 13.5. The fraction of sp³-hybridized carbons (Fsp3) is 0.800. The first-order valence-corrected chi connectivity index (χ1v) is 8.83. The van der Waals surface area contributed by atoms with E-state index >= 15 is 0 Å². The lowest BCUT2D eigenvalue weighted by molar-refractivity contribution is -0.131. The summed E-state index contributed by atoms with van der Waals surface area (Å²) in [5.41, 5.74) is 0. The van der Waals surface area contributed by atoms with Crippen LogP contribution in [-0.2, 0) is 15.6 Å². The summed E-state index contributed by atoms with van der Waals surface area (Å²) in [5.74, 6) is -0.447. The highest BCUT2D eigenvalue weighted by atomic mass is 32.2. The van der Waals surface area contributed by atoms with Crippen LogP contribution in [0.4, 0.5) is 0 Å². The largest absolute Gasteiger partial charge is 0.478 e. The third-order valence-corrected chi connectivity index (χ3v) is 4.19. The second kappa shape index (κ2) is 13.8. The van der Waals surface area contributed by atoms with Crippen LogP contribution in [0.25, 0.3) is 0 Å². The third-order valence-electron chi connectivity index (χ3n) is 3.06. The van der Waals surface area contributed by atoms with Crippen LogP contribution in [0, 0.1) is 0 Å². The summed E-state index contributed by atoms with van der Waals surface area (Å²) in [6.45, 7) is 2.23. The Morgan fingerprint density at radius 2 is 1.42 bits per heavy atom. The highest BCUT2D eigenvalue weighted by Crippen LogP contribution is 2.10. The molecule has 3 nitrogen and oxygen atoms in total. The highest BCUT2D eigenvalue weighted by Gasteiger charge is 1.97. The molecule has 0 saturated heterocycles. The number of carbonyl (C=O) groups is 1. The lowest BCUT2D eigenvalue weighted by Gasteiger charge is -2.01. The standard InChI is InChI=1S/C15H28O3S/c1-2-3-4-5-6-7-8-9-10-11-13-19(18)14-12-15(16)17/h12,14H,2-11,13H2,1H3,(H,16,17)/b14-12+. The van der Waals surface area contributed by atoms with E-state index < -0.39 is 16.8 Å².